The highest BCUT2D eigenvalue weighted by Gasteiger charge is 2.47. The van der Waals surface area contributed by atoms with Crippen molar-refractivity contribution in [1.82, 2.24) is 15.3 Å². The molecule has 0 unspecified atom stereocenters. The van der Waals surface area contributed by atoms with Crippen LogP contribution in [0, 0.1) is 70.0 Å². The fourth-order valence-corrected chi connectivity index (χ4v) is 9.38. The van der Waals surface area contributed by atoms with E-state index in [9.17, 15) is 20.1 Å². The maximum atomic E-state index is 11.9. The third-order valence-electron chi connectivity index (χ3n) is 12.9. The van der Waals surface area contributed by atoms with Gasteiger partial charge in [0.15, 0.2) is 0 Å². The van der Waals surface area contributed by atoms with Crippen LogP contribution in [0.15, 0.2) is 97.3 Å². The molecule has 2 saturated carbocycles. The Kier molecular flexibility index (Phi) is 11.6. The molecule has 4 aromatic rings. The van der Waals surface area contributed by atoms with Crippen molar-refractivity contribution in [3.63, 3.8) is 0 Å². The van der Waals surface area contributed by atoms with E-state index in [4.69, 9.17) is 4.74 Å². The summed E-state index contributed by atoms with van der Waals surface area (Å²) in [5, 5.41) is 21.7. The maximum absolute atomic E-state index is 11.9. The van der Waals surface area contributed by atoms with Crippen molar-refractivity contribution >= 4 is 24.0 Å². The van der Waals surface area contributed by atoms with Crippen molar-refractivity contribution < 1.29 is 14.3 Å². The van der Waals surface area contributed by atoms with Gasteiger partial charge >= 0.3 is 5.97 Å². The van der Waals surface area contributed by atoms with Crippen molar-refractivity contribution in [1.29, 1.82) is 10.5 Å². The second-order valence-electron chi connectivity index (χ2n) is 16.2. The molecule has 4 heterocycles. The molecule has 0 radical (unpaired) electrons. The van der Waals surface area contributed by atoms with Crippen LogP contribution in [0.1, 0.15) is 75.9 Å². The number of aromatic nitrogens is 2. The summed E-state index contributed by atoms with van der Waals surface area (Å²) in [4.78, 5) is 32.8. The van der Waals surface area contributed by atoms with Crippen LogP contribution < -0.4 is 5.32 Å². The summed E-state index contributed by atoms with van der Waals surface area (Å²) in [7, 11) is 0. The fraction of sp³-hybridized carbons (Fsp3) is 0.375. The highest BCUT2D eigenvalue weighted by Crippen LogP contribution is 2.46. The Morgan fingerprint density at radius 3 is 1.71 bits per heavy atom. The van der Waals surface area contributed by atoms with Gasteiger partial charge in [-0.2, -0.15) is 10.5 Å². The molecule has 4 aliphatic rings. The van der Waals surface area contributed by atoms with Crippen molar-refractivity contribution in [2.75, 3.05) is 0 Å². The number of esters is 1. The van der Waals surface area contributed by atoms with E-state index in [2.05, 4.69) is 79.4 Å². The molecule has 56 heavy (non-hydrogen) atoms. The van der Waals surface area contributed by atoms with Gasteiger partial charge in [0.05, 0.1) is 41.1 Å². The van der Waals surface area contributed by atoms with Crippen LogP contribution in [0.5, 0.6) is 0 Å². The number of nitriles is 2. The first-order valence-electron chi connectivity index (χ1n) is 19.9. The number of benzene rings is 2. The number of nitrogens with zero attached hydrogens (tertiary/aromatic N) is 4. The number of pyridine rings is 2. The Bertz CT molecular complexity index is 2040. The van der Waals surface area contributed by atoms with Gasteiger partial charge in [-0.25, -0.2) is 0 Å². The highest BCUT2D eigenvalue weighted by molar-refractivity contribution is 5.79. The zero-order valence-corrected chi connectivity index (χ0v) is 32.5. The molecule has 10 atom stereocenters. The molecule has 1 N–H and O–H groups in total. The first-order chi connectivity index (χ1) is 27.1. The molecule has 2 aromatic carbocycles. The number of fused-ring (bicyclic) bond motifs is 2. The van der Waals surface area contributed by atoms with E-state index in [1.807, 2.05) is 85.2 Å². The maximum Gasteiger partial charge on any atom is 0.306 e. The molecule has 2 aliphatic heterocycles. The van der Waals surface area contributed by atoms with Crippen LogP contribution in [0.3, 0.4) is 0 Å². The fourth-order valence-electron chi connectivity index (χ4n) is 9.38. The monoisotopic (exact) mass is 743 g/mol. The van der Waals surface area contributed by atoms with Gasteiger partial charge in [-0.05, 0) is 90.7 Å². The number of carbonyl (C=O) groups is 2. The number of hydrogen-bond donors (Lipinski definition) is 1. The number of hydrogen-bond acceptors (Lipinski definition) is 7. The lowest BCUT2D eigenvalue weighted by Crippen LogP contribution is -2.42. The average Bonchev–Trinajstić information content (AvgIpc) is 3.78. The van der Waals surface area contributed by atoms with Gasteiger partial charge in [-0.15, -0.1) is 0 Å². The lowest BCUT2D eigenvalue weighted by molar-refractivity contribution is -0.142. The van der Waals surface area contributed by atoms with Crippen molar-refractivity contribution in [3.05, 3.63) is 120 Å². The van der Waals surface area contributed by atoms with Crippen molar-refractivity contribution in [2.45, 2.75) is 65.5 Å². The van der Waals surface area contributed by atoms with Crippen LogP contribution in [0.2, 0.25) is 0 Å². The second kappa shape index (κ2) is 16.9. The van der Waals surface area contributed by atoms with Gasteiger partial charge in [0, 0.05) is 53.0 Å². The molecule has 0 bridgehead atoms. The van der Waals surface area contributed by atoms with E-state index >= 15 is 0 Å². The smallest absolute Gasteiger partial charge is 0.306 e. The molecule has 4 fully saturated rings. The third-order valence-corrected chi connectivity index (χ3v) is 12.9. The normalized spacial score (nSPS) is 29.3. The Labute approximate surface area is 330 Å². The van der Waals surface area contributed by atoms with E-state index in [-0.39, 0.29) is 23.9 Å². The molecule has 284 valence electrons. The Morgan fingerprint density at radius 1 is 0.679 bits per heavy atom. The van der Waals surface area contributed by atoms with E-state index in [0.29, 0.717) is 71.4 Å². The topological polar surface area (TPSA) is 129 Å². The summed E-state index contributed by atoms with van der Waals surface area (Å²) in [6.45, 7) is 9.10. The van der Waals surface area contributed by atoms with E-state index < -0.39 is 0 Å². The minimum Gasteiger partial charge on any atom is -0.462 e. The average molecular weight is 744 g/mol. The number of amides is 1. The van der Waals surface area contributed by atoms with Crippen LogP contribution in [0.4, 0.5) is 0 Å². The second-order valence-corrected chi connectivity index (χ2v) is 16.2. The van der Waals surface area contributed by atoms with Crippen LogP contribution in [0.25, 0.3) is 34.4 Å². The summed E-state index contributed by atoms with van der Waals surface area (Å²) in [6, 6.07) is 27.9. The Hall–Kier alpha value is -5.86. The van der Waals surface area contributed by atoms with Crippen molar-refractivity contribution in [2.24, 2.45) is 47.3 Å². The van der Waals surface area contributed by atoms with Crippen molar-refractivity contribution in [3.8, 4) is 34.4 Å². The third kappa shape index (κ3) is 8.21. The van der Waals surface area contributed by atoms with E-state index in [1.165, 1.54) is 0 Å². The molecule has 8 nitrogen and oxygen atoms in total. The van der Waals surface area contributed by atoms with Gasteiger partial charge < -0.3 is 10.1 Å². The molecule has 2 aliphatic carbocycles. The predicted octanol–water partition coefficient (Wildman–Crippen LogP) is 9.29. The predicted molar refractivity (Wildman–Crippen MR) is 218 cm³/mol. The van der Waals surface area contributed by atoms with E-state index in [0.717, 1.165) is 46.5 Å². The molecule has 2 aromatic heterocycles. The Balaban J connectivity index is 0.000000172. The standard InChI is InChI=1S/C24H25N3O.C24H24N2O2/c1-15-11-23-22(12-24(28)27-23)20(16(15)2)10-9-19-8-7-18(14-26-19)21-6-4-3-5-17(21)13-25;1-15-11-23-22(12-24(27)28-23)20(16(15)2)10-9-19-8-7-18(14-26-19)21-6-4-3-5-17(21)13-25/h3-10,14-16,20,22-23H,11-12H2,1-2H3,(H,27,28);3-10,14-16,20,22-23H,11-12H2,1-2H3/b2*10-9+/t2*15-,16+,20-,22-,23+/m00/s1. The minimum absolute atomic E-state index is 0.0613. The number of rotatable bonds is 6. The lowest BCUT2D eigenvalue weighted by atomic mass is 9.66. The first-order valence-corrected chi connectivity index (χ1v) is 19.9. The molecular formula is C48H49N5O3. The molecule has 0 spiro atoms. The summed E-state index contributed by atoms with van der Waals surface area (Å²) in [5.41, 5.74) is 6.76. The number of allylic oxidation sites excluding steroid dienone is 2. The van der Waals surface area contributed by atoms with Gasteiger partial charge in [0.1, 0.15) is 6.10 Å². The van der Waals surface area contributed by atoms with Gasteiger partial charge in [-0.3, -0.25) is 19.6 Å². The Morgan fingerprint density at radius 2 is 1.20 bits per heavy atom. The molecule has 2 saturated heterocycles. The number of ether oxygens (including phenoxy) is 1. The highest BCUT2D eigenvalue weighted by atomic mass is 16.5. The quantitative estimate of drug-likeness (QED) is 0.195. The molecule has 8 heteroatoms. The number of carbonyl (C=O) groups excluding carboxylic acids is 2. The van der Waals surface area contributed by atoms with Gasteiger partial charge in [-0.1, -0.05) is 88.4 Å². The SMILES string of the molecule is C[C@H]1[C@H](/C=C/c2ccc(-c3ccccc3C#N)cn2)[C@@H]2CC(=O)N[C@@H]2C[C@@H]1C.C[C@H]1[C@H](/C=C/c2ccc(-c3ccccc3C#N)cn2)[C@@H]2CC(=O)O[C@@H]2C[C@@H]1C. The van der Waals surface area contributed by atoms with Gasteiger partial charge in [0.2, 0.25) is 5.91 Å². The first kappa shape index (κ1) is 38.4. The minimum atomic E-state index is -0.0617. The number of nitrogens with one attached hydrogen (secondary N) is 1. The molecule has 8 rings (SSSR count). The lowest BCUT2D eigenvalue weighted by Gasteiger charge is -2.40. The largest absolute Gasteiger partial charge is 0.462 e. The molecular weight excluding hydrogens is 695 g/mol. The zero-order chi connectivity index (χ0) is 39.3. The zero-order valence-electron chi connectivity index (χ0n) is 32.5. The van der Waals surface area contributed by atoms with Gasteiger partial charge in [0.25, 0.3) is 0 Å². The summed E-state index contributed by atoms with van der Waals surface area (Å²) < 4.78 is 5.54. The summed E-state index contributed by atoms with van der Waals surface area (Å²) in [5.74, 6) is 3.66. The summed E-state index contributed by atoms with van der Waals surface area (Å²) in [6.07, 6.45) is 15.5. The summed E-state index contributed by atoms with van der Waals surface area (Å²) >= 11 is 0. The van der Waals surface area contributed by atoms with Crippen LogP contribution in [-0.2, 0) is 14.3 Å². The molecule has 1 amide bonds. The van der Waals surface area contributed by atoms with Crippen LogP contribution in [-0.4, -0.2) is 34.0 Å². The van der Waals surface area contributed by atoms with Crippen LogP contribution >= 0.6 is 0 Å². The van der Waals surface area contributed by atoms with E-state index in [1.54, 1.807) is 0 Å².